The first-order chi connectivity index (χ1) is 6.15. The Morgan fingerprint density at radius 1 is 1.85 bits per heavy atom. The monoisotopic (exact) mass is 178 g/mol. The zero-order valence-electron chi connectivity index (χ0n) is 7.48. The lowest BCUT2D eigenvalue weighted by Gasteiger charge is -2.05. The smallest absolute Gasteiger partial charge is 0.270 e. The van der Waals surface area contributed by atoms with E-state index in [1.807, 2.05) is 6.07 Å². The van der Waals surface area contributed by atoms with Gasteiger partial charge < -0.3 is 5.32 Å². The maximum absolute atomic E-state index is 11.4. The van der Waals surface area contributed by atoms with Crippen molar-refractivity contribution in [2.75, 3.05) is 0 Å². The normalized spacial score (nSPS) is 11.8. The van der Waals surface area contributed by atoms with Gasteiger partial charge in [-0.1, -0.05) is 0 Å². The van der Waals surface area contributed by atoms with Crippen LogP contribution in [0.3, 0.4) is 0 Å². The van der Waals surface area contributed by atoms with E-state index in [4.69, 9.17) is 5.26 Å². The lowest BCUT2D eigenvalue weighted by atomic mass is 10.3. The molecule has 0 aliphatic carbocycles. The second-order valence-corrected chi connectivity index (χ2v) is 2.66. The number of aromatic nitrogens is 2. The molecule has 1 N–H and O–H groups in total. The van der Waals surface area contributed by atoms with Gasteiger partial charge in [0.05, 0.1) is 6.07 Å². The van der Waals surface area contributed by atoms with E-state index in [2.05, 4.69) is 10.4 Å². The summed E-state index contributed by atoms with van der Waals surface area (Å²) in [5.41, 5.74) is 0.446. The zero-order chi connectivity index (χ0) is 9.84. The molecular weight excluding hydrogens is 168 g/mol. The second-order valence-electron chi connectivity index (χ2n) is 2.66. The van der Waals surface area contributed by atoms with Crippen molar-refractivity contribution in [1.82, 2.24) is 15.1 Å². The fourth-order valence-electron chi connectivity index (χ4n) is 0.900. The molecule has 1 heterocycles. The minimum absolute atomic E-state index is 0.283. The molecule has 0 aliphatic heterocycles. The molecule has 1 aromatic heterocycles. The molecule has 68 valence electrons. The van der Waals surface area contributed by atoms with Gasteiger partial charge in [-0.25, -0.2) is 0 Å². The van der Waals surface area contributed by atoms with E-state index in [-0.39, 0.29) is 5.91 Å². The summed E-state index contributed by atoms with van der Waals surface area (Å²) in [6, 6.07) is 3.03. The predicted octanol–water partition coefficient (Wildman–Crippen LogP) is 0.0620. The third-order valence-corrected chi connectivity index (χ3v) is 1.59. The Kier molecular flexibility index (Phi) is 2.65. The number of carbonyl (C=O) groups excluding carboxylic acids is 1. The van der Waals surface area contributed by atoms with Gasteiger partial charge in [-0.3, -0.25) is 9.48 Å². The van der Waals surface area contributed by atoms with Gasteiger partial charge in [0.15, 0.2) is 0 Å². The van der Waals surface area contributed by atoms with Gasteiger partial charge in [0.1, 0.15) is 11.7 Å². The Labute approximate surface area is 76.0 Å². The van der Waals surface area contributed by atoms with Gasteiger partial charge in [0.2, 0.25) is 0 Å². The molecule has 0 aromatic carbocycles. The Bertz CT molecular complexity index is 349. The summed E-state index contributed by atoms with van der Waals surface area (Å²) < 4.78 is 1.46. The quantitative estimate of drug-likeness (QED) is 0.696. The van der Waals surface area contributed by atoms with Crippen molar-refractivity contribution < 1.29 is 4.79 Å². The molecule has 1 aromatic rings. The van der Waals surface area contributed by atoms with Crippen LogP contribution in [0.2, 0.25) is 0 Å². The van der Waals surface area contributed by atoms with Crippen LogP contribution in [-0.4, -0.2) is 21.7 Å². The van der Waals surface area contributed by atoms with Crippen LogP contribution in [0.4, 0.5) is 0 Å². The first-order valence-corrected chi connectivity index (χ1v) is 3.83. The zero-order valence-corrected chi connectivity index (χ0v) is 7.48. The molecule has 0 saturated heterocycles. The third-order valence-electron chi connectivity index (χ3n) is 1.59. The summed E-state index contributed by atoms with van der Waals surface area (Å²) in [6.07, 6.45) is 1.53. The Morgan fingerprint density at radius 3 is 3.00 bits per heavy atom. The number of nitrogens with zero attached hydrogens (tertiary/aromatic N) is 3. The van der Waals surface area contributed by atoms with Crippen LogP contribution >= 0.6 is 0 Å². The van der Waals surface area contributed by atoms with Crippen molar-refractivity contribution in [3.8, 4) is 6.07 Å². The number of carbonyl (C=O) groups is 1. The third kappa shape index (κ3) is 2.06. The van der Waals surface area contributed by atoms with Crippen molar-refractivity contribution in [2.24, 2.45) is 7.05 Å². The van der Waals surface area contributed by atoms with Gasteiger partial charge >= 0.3 is 0 Å². The summed E-state index contributed by atoms with van der Waals surface area (Å²) >= 11 is 0. The van der Waals surface area contributed by atoms with Gasteiger partial charge in [0, 0.05) is 13.2 Å². The summed E-state index contributed by atoms with van der Waals surface area (Å²) in [5, 5.41) is 14.8. The SMILES string of the molecule is CC(C#N)NC(=O)c1ccnn1C. The van der Waals surface area contributed by atoms with Crippen molar-refractivity contribution in [3.05, 3.63) is 18.0 Å². The van der Waals surface area contributed by atoms with E-state index in [0.29, 0.717) is 5.69 Å². The van der Waals surface area contributed by atoms with E-state index >= 15 is 0 Å². The second kappa shape index (κ2) is 3.72. The first-order valence-electron chi connectivity index (χ1n) is 3.83. The summed E-state index contributed by atoms with van der Waals surface area (Å²) in [7, 11) is 1.67. The summed E-state index contributed by atoms with van der Waals surface area (Å²) in [6.45, 7) is 1.62. The van der Waals surface area contributed by atoms with Crippen LogP contribution in [0.15, 0.2) is 12.3 Å². The van der Waals surface area contributed by atoms with Gasteiger partial charge in [0.25, 0.3) is 5.91 Å². The van der Waals surface area contributed by atoms with Crippen LogP contribution in [0, 0.1) is 11.3 Å². The van der Waals surface area contributed by atoms with Crippen molar-refractivity contribution in [2.45, 2.75) is 13.0 Å². The van der Waals surface area contributed by atoms with Crippen LogP contribution in [-0.2, 0) is 7.05 Å². The molecule has 5 heteroatoms. The molecule has 1 rings (SSSR count). The highest BCUT2D eigenvalue weighted by atomic mass is 16.2. The van der Waals surface area contributed by atoms with Gasteiger partial charge in [-0.05, 0) is 13.0 Å². The molecule has 0 saturated carbocycles. The van der Waals surface area contributed by atoms with E-state index in [1.54, 1.807) is 20.0 Å². The number of hydrogen-bond acceptors (Lipinski definition) is 3. The fraction of sp³-hybridized carbons (Fsp3) is 0.375. The maximum atomic E-state index is 11.4. The first kappa shape index (κ1) is 9.26. The van der Waals surface area contributed by atoms with Crippen LogP contribution < -0.4 is 5.32 Å². The van der Waals surface area contributed by atoms with Gasteiger partial charge in [-0.2, -0.15) is 10.4 Å². The van der Waals surface area contributed by atoms with E-state index in [9.17, 15) is 4.79 Å². The highest BCUT2D eigenvalue weighted by molar-refractivity contribution is 5.92. The predicted molar refractivity (Wildman–Crippen MR) is 45.7 cm³/mol. The minimum atomic E-state index is -0.484. The molecule has 0 radical (unpaired) electrons. The van der Waals surface area contributed by atoms with Crippen molar-refractivity contribution in [1.29, 1.82) is 5.26 Å². The fourth-order valence-corrected chi connectivity index (χ4v) is 0.900. The maximum Gasteiger partial charge on any atom is 0.270 e. The molecule has 1 atom stereocenters. The molecule has 5 nitrogen and oxygen atoms in total. The topological polar surface area (TPSA) is 70.7 Å². The summed E-state index contributed by atoms with van der Waals surface area (Å²) in [5.74, 6) is -0.283. The number of rotatable bonds is 2. The van der Waals surface area contributed by atoms with Crippen molar-refractivity contribution in [3.63, 3.8) is 0 Å². The van der Waals surface area contributed by atoms with Gasteiger partial charge in [-0.15, -0.1) is 0 Å². The molecule has 0 spiro atoms. The number of nitriles is 1. The molecule has 0 aliphatic rings. The number of aryl methyl sites for hydroxylation is 1. The lowest BCUT2D eigenvalue weighted by Crippen LogP contribution is -2.32. The average molecular weight is 178 g/mol. The lowest BCUT2D eigenvalue weighted by molar-refractivity contribution is 0.0938. The van der Waals surface area contributed by atoms with Crippen LogP contribution in [0.1, 0.15) is 17.4 Å². The molecule has 13 heavy (non-hydrogen) atoms. The van der Waals surface area contributed by atoms with E-state index in [1.165, 1.54) is 10.9 Å². The Balaban J connectivity index is 2.71. The molecule has 0 bridgehead atoms. The van der Waals surface area contributed by atoms with Crippen LogP contribution in [0.25, 0.3) is 0 Å². The molecular formula is C8H10N4O. The molecule has 0 fully saturated rings. The highest BCUT2D eigenvalue weighted by Gasteiger charge is 2.11. The summed E-state index contributed by atoms with van der Waals surface area (Å²) in [4.78, 5) is 11.4. The van der Waals surface area contributed by atoms with Crippen molar-refractivity contribution >= 4 is 5.91 Å². The molecule has 1 unspecified atom stereocenters. The Morgan fingerprint density at radius 2 is 2.54 bits per heavy atom. The number of hydrogen-bond donors (Lipinski definition) is 1. The Hall–Kier alpha value is -1.83. The standard InChI is InChI=1S/C8H10N4O/c1-6(5-9)11-8(13)7-3-4-10-12(7)2/h3-4,6H,1-2H3,(H,11,13). The molecule has 1 amide bonds. The van der Waals surface area contributed by atoms with Crippen LogP contribution in [0.5, 0.6) is 0 Å². The minimum Gasteiger partial charge on any atom is -0.335 e. The number of nitrogens with one attached hydrogen (secondary N) is 1. The van der Waals surface area contributed by atoms with E-state index < -0.39 is 6.04 Å². The average Bonchev–Trinajstić information content (AvgIpc) is 2.51. The highest BCUT2D eigenvalue weighted by Crippen LogP contribution is 1.96. The largest absolute Gasteiger partial charge is 0.335 e. The van der Waals surface area contributed by atoms with E-state index in [0.717, 1.165) is 0 Å². The number of amides is 1.